The standard InChI is InChI=1S/C9H11NO2.C6H6N2O2.La/c10-8(9(11)12)6-7-4-2-1-3-5-7;7-5-1-3-6(4-2-5)8(9)10;/h1-5,8H,6,10H2,(H,11,12);1-4H,7H2;. The van der Waals surface area contributed by atoms with E-state index in [1.54, 1.807) is 0 Å². The second-order valence-electron chi connectivity index (χ2n) is 4.48. The molecule has 2 aromatic carbocycles. The number of nitro benzene ring substituents is 1. The van der Waals surface area contributed by atoms with Crippen LogP contribution in [0.25, 0.3) is 0 Å². The van der Waals surface area contributed by atoms with E-state index in [9.17, 15) is 14.9 Å². The molecule has 2 aromatic rings. The second-order valence-corrected chi connectivity index (χ2v) is 4.48. The maximum Gasteiger partial charge on any atom is 0.320 e. The number of non-ortho nitro benzene ring substituents is 1. The Kier molecular flexibility index (Phi) is 10.1. The van der Waals surface area contributed by atoms with Crippen LogP contribution in [0, 0.1) is 45.7 Å². The Morgan fingerprint density at radius 2 is 1.65 bits per heavy atom. The van der Waals surface area contributed by atoms with Gasteiger partial charge < -0.3 is 16.6 Å². The molecule has 8 heteroatoms. The summed E-state index contributed by atoms with van der Waals surface area (Å²) in [6, 6.07) is 14.3. The monoisotopic (exact) mass is 442 g/mol. The van der Waals surface area contributed by atoms with Gasteiger partial charge in [-0.1, -0.05) is 30.3 Å². The molecular weight excluding hydrogens is 425 g/mol. The first kappa shape index (κ1) is 21.3. The van der Waals surface area contributed by atoms with Crippen LogP contribution in [-0.4, -0.2) is 22.0 Å². The summed E-state index contributed by atoms with van der Waals surface area (Å²) >= 11 is 0. The molecule has 1 atom stereocenters. The van der Waals surface area contributed by atoms with E-state index in [1.807, 2.05) is 30.3 Å². The quantitative estimate of drug-likeness (QED) is 0.376. The number of carboxylic acids is 1. The average Bonchev–Trinajstić information content (AvgIpc) is 2.49. The number of hydrogen-bond donors (Lipinski definition) is 3. The number of carbonyl (C=O) groups is 1. The van der Waals surface area contributed by atoms with E-state index in [-0.39, 0.29) is 41.3 Å². The van der Waals surface area contributed by atoms with Crippen molar-refractivity contribution in [3.63, 3.8) is 0 Å². The second kappa shape index (κ2) is 10.9. The van der Waals surface area contributed by atoms with Gasteiger partial charge in [-0.3, -0.25) is 14.9 Å². The molecule has 0 aliphatic rings. The number of nitrogens with two attached hydrogens (primary N) is 2. The molecule has 0 fully saturated rings. The summed E-state index contributed by atoms with van der Waals surface area (Å²) in [6.45, 7) is 0. The van der Waals surface area contributed by atoms with Gasteiger partial charge in [0, 0.05) is 53.4 Å². The third kappa shape index (κ3) is 8.46. The molecule has 0 spiro atoms. The van der Waals surface area contributed by atoms with Crippen molar-refractivity contribution < 1.29 is 50.4 Å². The van der Waals surface area contributed by atoms with Crippen molar-refractivity contribution in [3.8, 4) is 0 Å². The topological polar surface area (TPSA) is 132 Å². The van der Waals surface area contributed by atoms with E-state index in [0.717, 1.165) is 5.56 Å². The molecule has 0 saturated carbocycles. The van der Waals surface area contributed by atoms with Crippen LogP contribution in [0.4, 0.5) is 11.4 Å². The molecule has 0 heterocycles. The Morgan fingerprint density at radius 3 is 2.09 bits per heavy atom. The van der Waals surface area contributed by atoms with Crippen molar-refractivity contribution in [3.05, 3.63) is 70.3 Å². The predicted octanol–water partition coefficient (Wildman–Crippen LogP) is 1.82. The molecule has 119 valence electrons. The number of nitrogens with zero attached hydrogens (tertiary/aromatic N) is 1. The average molecular weight is 442 g/mol. The van der Waals surface area contributed by atoms with E-state index in [2.05, 4.69) is 0 Å². The van der Waals surface area contributed by atoms with E-state index < -0.39 is 16.9 Å². The van der Waals surface area contributed by atoms with Gasteiger partial charge in [-0.25, -0.2) is 0 Å². The van der Waals surface area contributed by atoms with Gasteiger partial charge in [0.1, 0.15) is 6.04 Å². The smallest absolute Gasteiger partial charge is 0.320 e. The molecule has 5 N–H and O–H groups in total. The van der Waals surface area contributed by atoms with Crippen LogP contribution < -0.4 is 11.5 Å². The maximum absolute atomic E-state index is 10.4. The van der Waals surface area contributed by atoms with Crippen molar-refractivity contribution in [2.24, 2.45) is 5.73 Å². The Morgan fingerprint density at radius 1 is 1.13 bits per heavy atom. The molecule has 2 rings (SSSR count). The number of carboxylic acid groups (broad SMARTS) is 1. The van der Waals surface area contributed by atoms with Crippen LogP contribution in [0.5, 0.6) is 0 Å². The summed E-state index contributed by atoms with van der Waals surface area (Å²) < 4.78 is 0. The minimum atomic E-state index is -0.959. The molecule has 0 saturated heterocycles. The third-order valence-corrected chi connectivity index (χ3v) is 2.72. The van der Waals surface area contributed by atoms with Gasteiger partial charge in [-0.05, 0) is 24.1 Å². The van der Waals surface area contributed by atoms with Gasteiger partial charge in [-0.15, -0.1) is 0 Å². The summed E-state index contributed by atoms with van der Waals surface area (Å²) in [5.74, 6) is -0.959. The number of nitrogen functional groups attached to an aromatic ring is 1. The molecule has 7 nitrogen and oxygen atoms in total. The largest absolute Gasteiger partial charge is 0.480 e. The fraction of sp³-hybridized carbons (Fsp3) is 0.133. The van der Waals surface area contributed by atoms with Crippen molar-refractivity contribution >= 4 is 17.3 Å². The van der Waals surface area contributed by atoms with Gasteiger partial charge in [0.2, 0.25) is 0 Å². The number of rotatable bonds is 4. The van der Waals surface area contributed by atoms with Crippen LogP contribution in [-0.2, 0) is 11.2 Å². The molecule has 23 heavy (non-hydrogen) atoms. The molecule has 0 amide bonds. The Hall–Kier alpha value is -1.74. The summed E-state index contributed by atoms with van der Waals surface area (Å²) in [5, 5.41) is 18.6. The summed E-state index contributed by atoms with van der Waals surface area (Å²) in [7, 11) is 0. The van der Waals surface area contributed by atoms with E-state index in [1.165, 1.54) is 24.3 Å². The summed E-state index contributed by atoms with van der Waals surface area (Å²) in [6.07, 6.45) is 0.385. The predicted molar refractivity (Wildman–Crippen MR) is 83.3 cm³/mol. The van der Waals surface area contributed by atoms with Crippen LogP contribution in [0.3, 0.4) is 0 Å². The summed E-state index contributed by atoms with van der Waals surface area (Å²) in [4.78, 5) is 20.0. The molecule has 0 aliphatic heterocycles. The fourth-order valence-corrected chi connectivity index (χ4v) is 1.55. The van der Waals surface area contributed by atoms with Crippen LogP contribution in [0.2, 0.25) is 0 Å². The van der Waals surface area contributed by atoms with E-state index in [0.29, 0.717) is 12.1 Å². The van der Waals surface area contributed by atoms with Crippen molar-refractivity contribution in [2.45, 2.75) is 12.5 Å². The minimum Gasteiger partial charge on any atom is -0.480 e. The first-order valence-electron chi connectivity index (χ1n) is 6.42. The fourth-order valence-electron chi connectivity index (χ4n) is 1.55. The third-order valence-electron chi connectivity index (χ3n) is 2.72. The van der Waals surface area contributed by atoms with Gasteiger partial charge in [0.25, 0.3) is 5.69 Å². The zero-order chi connectivity index (χ0) is 16.5. The van der Waals surface area contributed by atoms with Crippen LogP contribution >= 0.6 is 0 Å². The van der Waals surface area contributed by atoms with Gasteiger partial charge in [0.15, 0.2) is 0 Å². The molecule has 1 radical (unpaired) electrons. The number of nitro groups is 1. The summed E-state index contributed by atoms with van der Waals surface area (Å²) in [5.41, 5.74) is 12.2. The van der Waals surface area contributed by atoms with Crippen LogP contribution in [0.15, 0.2) is 54.6 Å². The Labute approximate surface area is 161 Å². The van der Waals surface area contributed by atoms with Gasteiger partial charge in [-0.2, -0.15) is 0 Å². The zero-order valence-corrected chi connectivity index (χ0v) is 16.0. The SMILES string of the molecule is NC(Cc1ccccc1)C(=O)O.Nc1ccc([N+](=O)[O-])cc1.[La]. The molecule has 0 aromatic heterocycles. The van der Waals surface area contributed by atoms with Crippen molar-refractivity contribution in [1.82, 2.24) is 0 Å². The van der Waals surface area contributed by atoms with Gasteiger partial charge >= 0.3 is 5.97 Å². The zero-order valence-electron chi connectivity index (χ0n) is 12.3. The molecular formula is C15H17LaN3O4. The number of anilines is 1. The Balaban J connectivity index is 0.000000409. The number of aliphatic carboxylic acids is 1. The van der Waals surface area contributed by atoms with E-state index >= 15 is 0 Å². The van der Waals surface area contributed by atoms with E-state index in [4.69, 9.17) is 16.6 Å². The van der Waals surface area contributed by atoms with Gasteiger partial charge in [0.05, 0.1) is 4.92 Å². The Bertz CT molecular complexity index is 620. The minimum absolute atomic E-state index is 0. The van der Waals surface area contributed by atoms with Crippen molar-refractivity contribution in [1.29, 1.82) is 0 Å². The maximum atomic E-state index is 10.4. The van der Waals surface area contributed by atoms with Crippen molar-refractivity contribution in [2.75, 3.05) is 5.73 Å². The number of benzene rings is 2. The van der Waals surface area contributed by atoms with Crippen LogP contribution in [0.1, 0.15) is 5.56 Å². The first-order chi connectivity index (χ1) is 10.4. The molecule has 0 bridgehead atoms. The normalized spacial score (nSPS) is 10.5. The molecule has 1 unspecified atom stereocenters. The first-order valence-corrected chi connectivity index (χ1v) is 6.42. The number of hydrogen-bond acceptors (Lipinski definition) is 5. The molecule has 0 aliphatic carbocycles.